The van der Waals surface area contributed by atoms with Gasteiger partial charge in [0.2, 0.25) is 0 Å². The summed E-state index contributed by atoms with van der Waals surface area (Å²) in [6.07, 6.45) is -1.49. The zero-order valence-electron chi connectivity index (χ0n) is 17.2. The summed E-state index contributed by atoms with van der Waals surface area (Å²) >= 11 is 0. The van der Waals surface area contributed by atoms with Crippen molar-refractivity contribution in [3.05, 3.63) is 0 Å². The maximum atomic E-state index is 12.3. The van der Waals surface area contributed by atoms with E-state index in [1.807, 2.05) is 0 Å². The van der Waals surface area contributed by atoms with E-state index in [2.05, 4.69) is 5.32 Å². The predicted molar refractivity (Wildman–Crippen MR) is 99.6 cm³/mol. The van der Waals surface area contributed by atoms with Gasteiger partial charge in [0.25, 0.3) is 0 Å². The van der Waals surface area contributed by atoms with Crippen LogP contribution < -0.4 is 5.32 Å². The highest BCUT2D eigenvalue weighted by atomic mass is 16.6. The molecule has 0 bridgehead atoms. The number of ether oxygens (including phenoxy) is 2. The molecule has 2 amide bonds. The Morgan fingerprint density at radius 3 is 2.30 bits per heavy atom. The maximum Gasteiger partial charge on any atom is 0.410 e. The molecule has 0 aromatic carbocycles. The summed E-state index contributed by atoms with van der Waals surface area (Å²) in [5.74, 6) is -0.313. The van der Waals surface area contributed by atoms with Gasteiger partial charge < -0.3 is 29.7 Å². The molecule has 1 aliphatic rings. The Balaban J connectivity index is 2.68. The zero-order valence-corrected chi connectivity index (χ0v) is 17.2. The molecule has 1 rings (SSSR count). The molecule has 9 nitrogen and oxygen atoms in total. The van der Waals surface area contributed by atoms with E-state index in [0.29, 0.717) is 19.7 Å². The van der Waals surface area contributed by atoms with E-state index < -0.39 is 29.2 Å². The van der Waals surface area contributed by atoms with Gasteiger partial charge in [0.05, 0.1) is 18.1 Å². The Morgan fingerprint density at radius 1 is 1.15 bits per heavy atom. The number of carbonyl (C=O) groups excluding carboxylic acids is 2. The van der Waals surface area contributed by atoms with E-state index in [9.17, 15) is 19.5 Å². The molecule has 0 spiro atoms. The fourth-order valence-corrected chi connectivity index (χ4v) is 2.72. The highest BCUT2D eigenvalue weighted by Gasteiger charge is 2.35. The van der Waals surface area contributed by atoms with Crippen molar-refractivity contribution >= 4 is 18.2 Å². The molecule has 1 heterocycles. The topological polar surface area (TPSA) is 108 Å². The van der Waals surface area contributed by atoms with E-state index in [1.165, 1.54) is 9.80 Å². The van der Waals surface area contributed by atoms with Crippen LogP contribution in [0, 0.1) is 5.41 Å². The molecule has 1 saturated heterocycles. The molecule has 0 aliphatic carbocycles. The molecule has 0 radical (unpaired) electrons. The fraction of sp³-hybridized carbons (Fsp3) is 0.833. The summed E-state index contributed by atoms with van der Waals surface area (Å²) in [5.41, 5.74) is -1.35. The smallest absolute Gasteiger partial charge is 0.410 e. The summed E-state index contributed by atoms with van der Waals surface area (Å²) in [6, 6.07) is -0.429. The Morgan fingerprint density at radius 2 is 1.78 bits per heavy atom. The van der Waals surface area contributed by atoms with Crippen molar-refractivity contribution in [3.8, 4) is 0 Å². The van der Waals surface area contributed by atoms with Crippen LogP contribution in [0.5, 0.6) is 0 Å². The second-order valence-corrected chi connectivity index (χ2v) is 8.29. The lowest BCUT2D eigenvalue weighted by Crippen LogP contribution is -2.60. The van der Waals surface area contributed by atoms with E-state index in [-0.39, 0.29) is 25.6 Å². The number of carboxylic acid groups (broad SMARTS) is 1. The van der Waals surface area contributed by atoms with Gasteiger partial charge in [0.1, 0.15) is 5.60 Å². The highest BCUT2D eigenvalue weighted by Crippen LogP contribution is 2.18. The molecule has 0 saturated carbocycles. The van der Waals surface area contributed by atoms with Gasteiger partial charge in [-0.25, -0.2) is 9.59 Å². The number of piperazine rings is 1. The average Bonchev–Trinajstić information content (AvgIpc) is 2.53. The van der Waals surface area contributed by atoms with Crippen LogP contribution in [0.4, 0.5) is 9.59 Å². The Hall–Kier alpha value is -2.03. The van der Waals surface area contributed by atoms with Gasteiger partial charge in [-0.05, 0) is 41.5 Å². The minimum atomic E-state index is -1.03. The largest absolute Gasteiger partial charge is 0.466 e. The molecule has 1 unspecified atom stereocenters. The SMILES string of the molecule is CCOC(=O)C(C)(C)CNCC1CN(C(=O)OC(C)(C)C)CCN1C(=O)O. The number of nitrogens with one attached hydrogen (secondary N) is 1. The third-order valence-electron chi connectivity index (χ3n) is 4.16. The lowest BCUT2D eigenvalue weighted by molar-refractivity contribution is -0.153. The van der Waals surface area contributed by atoms with Crippen LogP contribution in [0.3, 0.4) is 0 Å². The second-order valence-electron chi connectivity index (χ2n) is 8.29. The molecule has 1 atom stereocenters. The van der Waals surface area contributed by atoms with Crippen LogP contribution in [0.2, 0.25) is 0 Å². The molecule has 1 aliphatic heterocycles. The van der Waals surface area contributed by atoms with Crippen LogP contribution in [0.1, 0.15) is 41.5 Å². The normalized spacial score (nSPS) is 18.2. The van der Waals surface area contributed by atoms with Crippen molar-refractivity contribution in [2.45, 2.75) is 53.2 Å². The average molecular weight is 387 g/mol. The van der Waals surface area contributed by atoms with Gasteiger partial charge in [-0.2, -0.15) is 0 Å². The first kappa shape index (κ1) is 23.0. The standard InChI is InChI=1S/C18H33N3O6/c1-7-26-14(22)18(5,6)12-19-10-13-11-20(8-9-21(13)15(23)24)16(25)27-17(2,3)4/h13,19H,7-12H2,1-6H3,(H,23,24). The first-order valence-corrected chi connectivity index (χ1v) is 9.23. The maximum absolute atomic E-state index is 12.3. The quantitative estimate of drug-likeness (QED) is 0.669. The van der Waals surface area contributed by atoms with Gasteiger partial charge in [0, 0.05) is 32.7 Å². The molecule has 2 N–H and O–H groups in total. The molecule has 0 aromatic heterocycles. The Bertz CT molecular complexity index is 544. The Labute approximate surface area is 161 Å². The minimum absolute atomic E-state index is 0.211. The number of hydrogen-bond donors (Lipinski definition) is 2. The van der Waals surface area contributed by atoms with Crippen LogP contribution in [0.15, 0.2) is 0 Å². The number of nitrogens with zero attached hydrogens (tertiary/aromatic N) is 2. The summed E-state index contributed by atoms with van der Waals surface area (Å²) in [7, 11) is 0. The van der Waals surface area contributed by atoms with Crippen LogP contribution in [0.25, 0.3) is 0 Å². The van der Waals surface area contributed by atoms with Crippen LogP contribution in [-0.2, 0) is 14.3 Å². The highest BCUT2D eigenvalue weighted by molar-refractivity contribution is 5.76. The summed E-state index contributed by atoms with van der Waals surface area (Å²) in [6.45, 7) is 12.3. The Kier molecular flexibility index (Phi) is 7.89. The number of carbonyl (C=O) groups is 3. The van der Waals surface area contributed by atoms with Crippen LogP contribution >= 0.6 is 0 Å². The molecule has 0 aromatic rings. The molecule has 27 heavy (non-hydrogen) atoms. The van der Waals surface area contributed by atoms with Crippen molar-refractivity contribution < 1.29 is 29.0 Å². The van der Waals surface area contributed by atoms with E-state index in [4.69, 9.17) is 9.47 Å². The van der Waals surface area contributed by atoms with Crippen molar-refractivity contribution in [2.24, 2.45) is 5.41 Å². The number of esters is 1. The van der Waals surface area contributed by atoms with Crippen molar-refractivity contribution in [3.63, 3.8) is 0 Å². The number of rotatable bonds is 6. The number of hydrogen-bond acceptors (Lipinski definition) is 6. The summed E-state index contributed by atoms with van der Waals surface area (Å²) in [5, 5.41) is 12.6. The number of amides is 2. The minimum Gasteiger partial charge on any atom is -0.466 e. The van der Waals surface area contributed by atoms with E-state index >= 15 is 0 Å². The molecular formula is C18H33N3O6. The first-order valence-electron chi connectivity index (χ1n) is 9.23. The molecule has 1 fully saturated rings. The lowest BCUT2D eigenvalue weighted by atomic mass is 9.93. The van der Waals surface area contributed by atoms with Crippen molar-refractivity contribution in [1.29, 1.82) is 0 Å². The lowest BCUT2D eigenvalue weighted by Gasteiger charge is -2.40. The summed E-state index contributed by atoms with van der Waals surface area (Å²) < 4.78 is 10.4. The van der Waals surface area contributed by atoms with Gasteiger partial charge in [-0.3, -0.25) is 4.79 Å². The van der Waals surface area contributed by atoms with Crippen molar-refractivity contribution in [2.75, 3.05) is 39.3 Å². The first-order chi connectivity index (χ1) is 12.4. The predicted octanol–water partition coefficient (Wildman–Crippen LogP) is 1.76. The van der Waals surface area contributed by atoms with Gasteiger partial charge in [-0.15, -0.1) is 0 Å². The summed E-state index contributed by atoms with van der Waals surface area (Å²) in [4.78, 5) is 38.6. The molecule has 156 valence electrons. The van der Waals surface area contributed by atoms with Gasteiger partial charge >= 0.3 is 18.2 Å². The molecule has 9 heteroatoms. The third kappa shape index (κ3) is 7.24. The fourth-order valence-electron chi connectivity index (χ4n) is 2.72. The van der Waals surface area contributed by atoms with E-state index in [1.54, 1.807) is 41.5 Å². The van der Waals surface area contributed by atoms with Crippen LogP contribution in [-0.4, -0.2) is 84.0 Å². The molecular weight excluding hydrogens is 354 g/mol. The monoisotopic (exact) mass is 387 g/mol. The van der Waals surface area contributed by atoms with E-state index in [0.717, 1.165) is 0 Å². The second kappa shape index (κ2) is 9.25. The third-order valence-corrected chi connectivity index (χ3v) is 4.16. The zero-order chi connectivity index (χ0) is 20.8. The van der Waals surface area contributed by atoms with Crippen molar-refractivity contribution in [1.82, 2.24) is 15.1 Å². The van der Waals surface area contributed by atoms with Gasteiger partial charge in [0.15, 0.2) is 0 Å². The van der Waals surface area contributed by atoms with Gasteiger partial charge in [-0.1, -0.05) is 0 Å².